The van der Waals surface area contributed by atoms with Gasteiger partial charge in [0.05, 0.1) is 12.3 Å². The number of piperidine rings is 1. The Balaban J connectivity index is 2.03. The number of aromatic nitrogens is 2. The lowest BCUT2D eigenvalue weighted by molar-refractivity contribution is 0.236. The van der Waals surface area contributed by atoms with Gasteiger partial charge in [0, 0.05) is 25.5 Å². The summed E-state index contributed by atoms with van der Waals surface area (Å²) in [4.78, 5) is 8.65. The molecule has 1 aromatic heterocycles. The number of hydrogen-bond donors (Lipinski definition) is 1. The molecule has 0 bridgehead atoms. The van der Waals surface area contributed by atoms with Crippen LogP contribution < -0.4 is 5.32 Å². The molecule has 0 aromatic carbocycles. The quantitative estimate of drug-likeness (QED) is 0.854. The van der Waals surface area contributed by atoms with Crippen LogP contribution in [0.4, 0.5) is 0 Å². The second-order valence-electron chi connectivity index (χ2n) is 5.58. The van der Waals surface area contributed by atoms with Crippen LogP contribution in [0, 0.1) is 5.92 Å². The maximum atomic E-state index is 11.7. The van der Waals surface area contributed by atoms with E-state index >= 15 is 0 Å². The van der Waals surface area contributed by atoms with Crippen LogP contribution in [-0.2, 0) is 10.0 Å². The van der Waals surface area contributed by atoms with Gasteiger partial charge in [0.25, 0.3) is 0 Å². The SMILES string of the molecule is CCNC(CC1CCCN(S(C)(=O)=O)C1)c1ncccn1. The summed E-state index contributed by atoms with van der Waals surface area (Å²) in [6.45, 7) is 4.14. The van der Waals surface area contributed by atoms with Crippen molar-refractivity contribution < 1.29 is 8.42 Å². The van der Waals surface area contributed by atoms with E-state index in [1.54, 1.807) is 22.8 Å². The van der Waals surface area contributed by atoms with Gasteiger partial charge in [-0.2, -0.15) is 0 Å². The molecule has 0 spiro atoms. The Morgan fingerprint density at radius 3 is 2.76 bits per heavy atom. The maximum Gasteiger partial charge on any atom is 0.211 e. The van der Waals surface area contributed by atoms with Crippen molar-refractivity contribution in [2.45, 2.75) is 32.2 Å². The first-order chi connectivity index (χ1) is 10.0. The molecule has 1 N–H and O–H groups in total. The van der Waals surface area contributed by atoms with E-state index in [4.69, 9.17) is 0 Å². The third-order valence-electron chi connectivity index (χ3n) is 3.87. The molecule has 0 saturated carbocycles. The van der Waals surface area contributed by atoms with Crippen LogP contribution >= 0.6 is 0 Å². The monoisotopic (exact) mass is 312 g/mol. The smallest absolute Gasteiger partial charge is 0.211 e. The third kappa shape index (κ3) is 4.72. The molecule has 0 aliphatic carbocycles. The summed E-state index contributed by atoms with van der Waals surface area (Å²) in [7, 11) is -3.09. The van der Waals surface area contributed by atoms with Crippen molar-refractivity contribution in [2.24, 2.45) is 5.92 Å². The second-order valence-corrected chi connectivity index (χ2v) is 7.56. The van der Waals surface area contributed by atoms with Crippen LogP contribution in [0.2, 0.25) is 0 Å². The Bertz CT molecular complexity index is 535. The highest BCUT2D eigenvalue weighted by molar-refractivity contribution is 7.88. The van der Waals surface area contributed by atoms with Gasteiger partial charge in [-0.1, -0.05) is 6.92 Å². The lowest BCUT2D eigenvalue weighted by atomic mass is 9.92. The summed E-state index contributed by atoms with van der Waals surface area (Å²) in [5, 5.41) is 3.41. The number of nitrogens with one attached hydrogen (secondary N) is 1. The van der Waals surface area contributed by atoms with Gasteiger partial charge in [0.15, 0.2) is 0 Å². The van der Waals surface area contributed by atoms with Crippen molar-refractivity contribution in [3.63, 3.8) is 0 Å². The Labute approximate surface area is 127 Å². The largest absolute Gasteiger partial charge is 0.308 e. The molecule has 2 rings (SSSR count). The topological polar surface area (TPSA) is 75.2 Å². The predicted octanol–water partition coefficient (Wildman–Crippen LogP) is 1.19. The number of nitrogens with zero attached hydrogens (tertiary/aromatic N) is 3. The van der Waals surface area contributed by atoms with Crippen molar-refractivity contribution in [1.29, 1.82) is 0 Å². The first-order valence-corrected chi connectivity index (χ1v) is 9.31. The average molecular weight is 312 g/mol. The maximum absolute atomic E-state index is 11.7. The van der Waals surface area contributed by atoms with Crippen LogP contribution in [0.5, 0.6) is 0 Å². The van der Waals surface area contributed by atoms with Crippen molar-refractivity contribution >= 4 is 10.0 Å². The number of sulfonamides is 1. The van der Waals surface area contributed by atoms with Crippen molar-refractivity contribution in [3.8, 4) is 0 Å². The average Bonchev–Trinajstić information content (AvgIpc) is 2.47. The molecule has 2 unspecified atom stereocenters. The van der Waals surface area contributed by atoms with Gasteiger partial charge in [-0.3, -0.25) is 0 Å². The molecule has 1 aliphatic rings. The summed E-state index contributed by atoms with van der Waals surface area (Å²) in [6.07, 6.45) is 7.63. The summed E-state index contributed by atoms with van der Waals surface area (Å²) >= 11 is 0. The summed E-state index contributed by atoms with van der Waals surface area (Å²) < 4.78 is 25.0. The van der Waals surface area contributed by atoms with Gasteiger partial charge in [0.1, 0.15) is 5.82 Å². The van der Waals surface area contributed by atoms with E-state index in [2.05, 4.69) is 22.2 Å². The summed E-state index contributed by atoms with van der Waals surface area (Å²) in [5.74, 6) is 1.14. The van der Waals surface area contributed by atoms with Gasteiger partial charge in [-0.25, -0.2) is 22.7 Å². The molecular formula is C14H24N4O2S. The molecule has 7 heteroatoms. The van der Waals surface area contributed by atoms with Gasteiger partial charge in [0.2, 0.25) is 10.0 Å². The molecule has 0 radical (unpaired) electrons. The highest BCUT2D eigenvalue weighted by atomic mass is 32.2. The number of hydrogen-bond acceptors (Lipinski definition) is 5. The molecular weight excluding hydrogens is 288 g/mol. The molecule has 1 aromatic rings. The molecule has 0 amide bonds. The fraction of sp³-hybridized carbons (Fsp3) is 0.714. The van der Waals surface area contributed by atoms with E-state index in [0.717, 1.165) is 31.6 Å². The van der Waals surface area contributed by atoms with Crippen molar-refractivity contribution in [2.75, 3.05) is 25.9 Å². The Kier molecular flexibility index (Phi) is 5.66. The molecule has 6 nitrogen and oxygen atoms in total. The lowest BCUT2D eigenvalue weighted by Crippen LogP contribution is -2.40. The van der Waals surface area contributed by atoms with E-state index in [9.17, 15) is 8.42 Å². The third-order valence-corrected chi connectivity index (χ3v) is 5.14. The first-order valence-electron chi connectivity index (χ1n) is 7.46. The van der Waals surface area contributed by atoms with Gasteiger partial charge >= 0.3 is 0 Å². The minimum atomic E-state index is -3.09. The highest BCUT2D eigenvalue weighted by Crippen LogP contribution is 2.27. The van der Waals surface area contributed by atoms with E-state index in [-0.39, 0.29) is 6.04 Å². The summed E-state index contributed by atoms with van der Waals surface area (Å²) in [6, 6.07) is 1.89. The minimum Gasteiger partial charge on any atom is -0.308 e. The molecule has 21 heavy (non-hydrogen) atoms. The van der Waals surface area contributed by atoms with Crippen LogP contribution in [0.25, 0.3) is 0 Å². The molecule has 2 heterocycles. The van der Waals surface area contributed by atoms with E-state index in [1.807, 2.05) is 0 Å². The summed E-state index contributed by atoms with van der Waals surface area (Å²) in [5.41, 5.74) is 0. The standard InChI is InChI=1S/C14H24N4O2S/c1-3-15-13(14-16-7-5-8-17-14)10-12-6-4-9-18(11-12)21(2,19)20/h5,7-8,12-13,15H,3-4,6,9-11H2,1-2H3. The van der Waals surface area contributed by atoms with Crippen molar-refractivity contribution in [1.82, 2.24) is 19.6 Å². The Hall–Kier alpha value is -1.05. The molecule has 1 aliphatic heterocycles. The zero-order valence-electron chi connectivity index (χ0n) is 12.7. The van der Waals surface area contributed by atoms with Crippen LogP contribution in [0.15, 0.2) is 18.5 Å². The van der Waals surface area contributed by atoms with Gasteiger partial charge in [-0.15, -0.1) is 0 Å². The highest BCUT2D eigenvalue weighted by Gasteiger charge is 2.28. The van der Waals surface area contributed by atoms with E-state index < -0.39 is 10.0 Å². The molecule has 2 atom stereocenters. The molecule has 1 saturated heterocycles. The zero-order chi connectivity index (χ0) is 15.3. The van der Waals surface area contributed by atoms with Crippen LogP contribution in [-0.4, -0.2) is 48.6 Å². The zero-order valence-corrected chi connectivity index (χ0v) is 13.5. The van der Waals surface area contributed by atoms with Gasteiger partial charge < -0.3 is 5.32 Å². The van der Waals surface area contributed by atoms with Crippen LogP contribution in [0.3, 0.4) is 0 Å². The first kappa shape index (κ1) is 16.3. The number of rotatable bonds is 6. The fourth-order valence-corrected chi connectivity index (χ4v) is 3.81. The van der Waals surface area contributed by atoms with E-state index in [1.165, 1.54) is 6.26 Å². The predicted molar refractivity (Wildman–Crippen MR) is 82.2 cm³/mol. The Morgan fingerprint density at radius 1 is 1.43 bits per heavy atom. The van der Waals surface area contributed by atoms with E-state index in [0.29, 0.717) is 19.0 Å². The van der Waals surface area contributed by atoms with Crippen LogP contribution in [0.1, 0.15) is 38.1 Å². The minimum absolute atomic E-state index is 0.0840. The normalized spacial score (nSPS) is 22.1. The molecule has 118 valence electrons. The fourth-order valence-electron chi connectivity index (χ4n) is 2.87. The lowest BCUT2D eigenvalue weighted by Gasteiger charge is -2.32. The van der Waals surface area contributed by atoms with Gasteiger partial charge in [-0.05, 0) is 37.8 Å². The Morgan fingerprint density at radius 2 is 2.14 bits per heavy atom. The second kappa shape index (κ2) is 7.29. The van der Waals surface area contributed by atoms with Crippen molar-refractivity contribution in [3.05, 3.63) is 24.3 Å². The molecule has 1 fully saturated rings.